The van der Waals surface area contributed by atoms with E-state index in [0.717, 1.165) is 0 Å². The van der Waals surface area contributed by atoms with Crippen LogP contribution >= 0.6 is 0 Å². The van der Waals surface area contributed by atoms with Crippen molar-refractivity contribution in [1.82, 2.24) is 0 Å². The standard InChI is InChI=1S/C56H54/c1-19-20(2)24(6)38-37(23(19)5)41-27(9)31(13)45-49-35(17)51-47-33(15)29(11)43-39-25(7)21(3)22(4)26(8)40(39)44-30(12)34(16)48(56(47)54(43)44)52(51)36(18)50(49)46-32(14)28(10)42(38)53(41)55(45)46/h1-18H3. The van der Waals surface area contributed by atoms with Gasteiger partial charge in [0.2, 0.25) is 0 Å². The number of fused-ring (bicyclic) bond motifs is 12. The molecule has 2 aliphatic rings. The molecule has 0 aromatic heterocycles. The predicted molar refractivity (Wildman–Crippen MR) is 248 cm³/mol. The molecule has 278 valence electrons. The van der Waals surface area contributed by atoms with E-state index in [4.69, 9.17) is 0 Å². The molecule has 0 amide bonds. The van der Waals surface area contributed by atoms with Crippen LogP contribution in [0.3, 0.4) is 0 Å². The number of benzene rings is 7. The Labute approximate surface area is 332 Å². The molecule has 0 saturated heterocycles. The Morgan fingerprint density at radius 2 is 0.268 bits per heavy atom. The van der Waals surface area contributed by atoms with Crippen molar-refractivity contribution in [3.63, 3.8) is 0 Å². The zero-order valence-electron chi connectivity index (χ0n) is 37.0. The van der Waals surface area contributed by atoms with Crippen LogP contribution in [0, 0.1) is 125 Å². The van der Waals surface area contributed by atoms with Gasteiger partial charge in [-0.2, -0.15) is 0 Å². The van der Waals surface area contributed by atoms with Gasteiger partial charge in [-0.05, 0) is 334 Å². The Hall–Kier alpha value is -4.94. The normalized spacial score (nSPS) is 13.2. The highest BCUT2D eigenvalue weighted by atomic mass is 14.4. The molecule has 11 rings (SSSR count). The fraction of sp³-hybridized carbons (Fsp3) is 0.321. The highest BCUT2D eigenvalue weighted by molar-refractivity contribution is 6.46. The van der Waals surface area contributed by atoms with Crippen molar-refractivity contribution < 1.29 is 0 Å². The molecule has 0 unspecified atom stereocenters. The van der Waals surface area contributed by atoms with Gasteiger partial charge in [0, 0.05) is 0 Å². The van der Waals surface area contributed by atoms with E-state index in [1.807, 2.05) is 0 Å². The van der Waals surface area contributed by atoms with Crippen molar-refractivity contribution in [2.45, 2.75) is 125 Å². The summed E-state index contributed by atoms with van der Waals surface area (Å²) in [5.74, 6) is 0. The quantitative estimate of drug-likeness (QED) is 0.146. The lowest BCUT2D eigenvalue weighted by molar-refractivity contribution is 1.22. The molecule has 0 fully saturated rings. The van der Waals surface area contributed by atoms with Crippen molar-refractivity contribution in [3.8, 4) is 44.5 Å². The van der Waals surface area contributed by atoms with Crippen LogP contribution in [0.4, 0.5) is 0 Å². The summed E-state index contributed by atoms with van der Waals surface area (Å²) in [7, 11) is 0. The summed E-state index contributed by atoms with van der Waals surface area (Å²) >= 11 is 0. The van der Waals surface area contributed by atoms with Crippen LogP contribution < -0.4 is 0 Å². The van der Waals surface area contributed by atoms with Crippen molar-refractivity contribution in [2.75, 3.05) is 0 Å². The van der Waals surface area contributed by atoms with Crippen molar-refractivity contribution in [2.24, 2.45) is 0 Å². The molecule has 0 atom stereocenters. The molecular formula is C56H54. The van der Waals surface area contributed by atoms with E-state index < -0.39 is 0 Å². The monoisotopic (exact) mass is 726 g/mol. The fourth-order valence-electron chi connectivity index (χ4n) is 13.1. The van der Waals surface area contributed by atoms with E-state index in [1.165, 1.54) is 209 Å². The second kappa shape index (κ2) is 10.1. The Bertz CT molecular complexity index is 3050. The largest absolute Gasteiger partial charge is 0.0443 e. The third-order valence-corrected chi connectivity index (χ3v) is 17.1. The molecule has 0 nitrogen and oxygen atoms in total. The molecule has 9 aromatic carbocycles. The third kappa shape index (κ3) is 3.24. The van der Waals surface area contributed by atoms with Crippen molar-refractivity contribution in [3.05, 3.63) is 100 Å². The lowest BCUT2D eigenvalue weighted by Gasteiger charge is -2.19. The maximum absolute atomic E-state index is 2.48. The van der Waals surface area contributed by atoms with E-state index in [1.54, 1.807) is 0 Å². The highest BCUT2D eigenvalue weighted by Crippen LogP contribution is 2.63. The summed E-state index contributed by atoms with van der Waals surface area (Å²) < 4.78 is 0. The molecule has 0 saturated carbocycles. The molecule has 0 bridgehead atoms. The molecule has 0 heteroatoms. The van der Waals surface area contributed by atoms with Gasteiger partial charge < -0.3 is 0 Å². The zero-order chi connectivity index (χ0) is 39.9. The van der Waals surface area contributed by atoms with Crippen LogP contribution in [-0.2, 0) is 0 Å². The average molecular weight is 727 g/mol. The van der Waals surface area contributed by atoms with E-state index in [0.29, 0.717) is 0 Å². The number of hydrogen-bond donors (Lipinski definition) is 0. The Morgan fingerprint density at radius 3 is 0.464 bits per heavy atom. The summed E-state index contributed by atoms with van der Waals surface area (Å²) in [6.45, 7) is 43.2. The van der Waals surface area contributed by atoms with Gasteiger partial charge in [-0.1, -0.05) is 0 Å². The van der Waals surface area contributed by atoms with Crippen molar-refractivity contribution >= 4 is 64.6 Å². The predicted octanol–water partition coefficient (Wildman–Crippen LogP) is 16.3. The van der Waals surface area contributed by atoms with Gasteiger partial charge in [-0.15, -0.1) is 0 Å². The summed E-state index contributed by atoms with van der Waals surface area (Å²) in [5.41, 5.74) is 38.1. The van der Waals surface area contributed by atoms with Gasteiger partial charge in [-0.3, -0.25) is 0 Å². The zero-order valence-corrected chi connectivity index (χ0v) is 37.0. The number of aryl methyl sites for hydroxylation is 6. The first-order valence-corrected chi connectivity index (χ1v) is 21.0. The lowest BCUT2D eigenvalue weighted by Crippen LogP contribution is -1.98. The van der Waals surface area contributed by atoms with Crippen LogP contribution in [0.5, 0.6) is 0 Å². The van der Waals surface area contributed by atoms with Crippen LogP contribution in [0.1, 0.15) is 100 Å². The van der Waals surface area contributed by atoms with E-state index in [2.05, 4.69) is 125 Å². The van der Waals surface area contributed by atoms with Gasteiger partial charge in [0.25, 0.3) is 0 Å². The van der Waals surface area contributed by atoms with Gasteiger partial charge >= 0.3 is 0 Å². The molecular weight excluding hydrogens is 673 g/mol. The first-order chi connectivity index (χ1) is 26.4. The molecule has 0 aliphatic heterocycles. The Balaban J connectivity index is 1.43. The molecule has 9 aromatic rings. The van der Waals surface area contributed by atoms with Crippen LogP contribution in [0.2, 0.25) is 0 Å². The topological polar surface area (TPSA) is 0 Å². The molecule has 0 radical (unpaired) electrons. The average Bonchev–Trinajstić information content (AvgIpc) is 3.92. The number of rotatable bonds is 0. The second-order valence-electron chi connectivity index (χ2n) is 18.8. The molecule has 0 spiro atoms. The summed E-state index contributed by atoms with van der Waals surface area (Å²) in [4.78, 5) is 0. The number of hydrogen-bond acceptors (Lipinski definition) is 0. The molecule has 2 aliphatic carbocycles. The second-order valence-corrected chi connectivity index (χ2v) is 18.8. The van der Waals surface area contributed by atoms with Crippen molar-refractivity contribution in [1.29, 1.82) is 0 Å². The first-order valence-electron chi connectivity index (χ1n) is 21.0. The minimum atomic E-state index is 1.44. The van der Waals surface area contributed by atoms with Crippen LogP contribution in [-0.4, -0.2) is 0 Å². The minimum Gasteiger partial charge on any atom is -0.0443 e. The first kappa shape index (κ1) is 34.3. The third-order valence-electron chi connectivity index (χ3n) is 17.1. The maximum Gasteiger partial charge on any atom is -0.000793 e. The summed E-state index contributed by atoms with van der Waals surface area (Å²) in [6.07, 6.45) is 0. The summed E-state index contributed by atoms with van der Waals surface area (Å²) in [6, 6.07) is 0. The fourth-order valence-corrected chi connectivity index (χ4v) is 13.1. The smallest absolute Gasteiger partial charge is 0.000793 e. The lowest BCUT2D eigenvalue weighted by atomic mass is 9.85. The summed E-state index contributed by atoms with van der Waals surface area (Å²) in [5, 5.41) is 18.0. The molecule has 56 heavy (non-hydrogen) atoms. The highest BCUT2D eigenvalue weighted by Gasteiger charge is 2.38. The van der Waals surface area contributed by atoms with Gasteiger partial charge in [0.05, 0.1) is 0 Å². The SMILES string of the molecule is Cc1c(C)c(C)c2c(c1C)-c1c(C)c(C)c3c4c(C)c5c(c(C)c4c4c(C)c(C)c-2c1c34)c1c(C)c(C)c2c3c(c(C)c(C)c5c31)-c1c(C)c(C)c(C)c(C)c1-2. The Kier molecular flexibility index (Phi) is 6.21. The van der Waals surface area contributed by atoms with Gasteiger partial charge in [0.1, 0.15) is 0 Å². The molecule has 0 N–H and O–H groups in total. The van der Waals surface area contributed by atoms with Gasteiger partial charge in [0.15, 0.2) is 0 Å². The molecule has 0 heterocycles. The Morgan fingerprint density at radius 1 is 0.107 bits per heavy atom. The maximum atomic E-state index is 2.48. The van der Waals surface area contributed by atoms with E-state index in [9.17, 15) is 0 Å². The van der Waals surface area contributed by atoms with E-state index in [-0.39, 0.29) is 0 Å². The van der Waals surface area contributed by atoms with E-state index >= 15 is 0 Å². The van der Waals surface area contributed by atoms with Crippen LogP contribution in [0.15, 0.2) is 0 Å². The van der Waals surface area contributed by atoms with Gasteiger partial charge in [-0.25, -0.2) is 0 Å². The van der Waals surface area contributed by atoms with Crippen LogP contribution in [0.25, 0.3) is 109 Å². The minimum absolute atomic E-state index is 1.44.